The van der Waals surface area contributed by atoms with Gasteiger partial charge in [-0.1, -0.05) is 0 Å². The molecule has 5 heteroatoms. The third-order valence-corrected chi connectivity index (χ3v) is 3.52. The lowest BCUT2D eigenvalue weighted by atomic mass is 9.94. The summed E-state index contributed by atoms with van der Waals surface area (Å²) >= 11 is 0. The maximum absolute atomic E-state index is 10.9. The van der Waals surface area contributed by atoms with Crippen LogP contribution in [0.2, 0.25) is 0 Å². The van der Waals surface area contributed by atoms with Crippen LogP contribution in [0.4, 0.5) is 0 Å². The number of hydrogen-bond acceptors (Lipinski definition) is 4. The van der Waals surface area contributed by atoms with Crippen molar-refractivity contribution in [1.29, 1.82) is 0 Å². The zero-order valence-electron chi connectivity index (χ0n) is 10.0. The Bertz CT molecular complexity index is 414. The van der Waals surface area contributed by atoms with Gasteiger partial charge < -0.3 is 19.6 Å². The molecule has 2 rings (SSSR count). The average Bonchev–Trinajstić information content (AvgIpc) is 2.85. The van der Waals surface area contributed by atoms with Gasteiger partial charge in [-0.05, 0) is 26.3 Å². The number of rotatable bonds is 4. The summed E-state index contributed by atoms with van der Waals surface area (Å²) in [5, 5.41) is 12.3. The van der Waals surface area contributed by atoms with Crippen LogP contribution in [0.5, 0.6) is 0 Å². The van der Waals surface area contributed by atoms with Crippen LogP contribution >= 0.6 is 0 Å². The average molecular weight is 239 g/mol. The monoisotopic (exact) mass is 239 g/mol. The van der Waals surface area contributed by atoms with Crippen LogP contribution in [-0.2, 0) is 11.3 Å². The lowest BCUT2D eigenvalue weighted by Gasteiger charge is -2.28. The minimum atomic E-state index is -0.962. The van der Waals surface area contributed by atoms with Gasteiger partial charge in [-0.2, -0.15) is 0 Å². The molecular formula is C12H17NO4. The molecule has 0 aliphatic carbocycles. The third-order valence-electron chi connectivity index (χ3n) is 3.52. The molecule has 17 heavy (non-hydrogen) atoms. The quantitative estimate of drug-likeness (QED) is 0.835. The third kappa shape index (κ3) is 2.35. The molecule has 0 saturated carbocycles. The first kappa shape index (κ1) is 12.1. The van der Waals surface area contributed by atoms with Crippen molar-refractivity contribution in [2.24, 2.45) is 0 Å². The highest BCUT2D eigenvalue weighted by atomic mass is 16.5. The zero-order valence-corrected chi connectivity index (χ0v) is 10.0. The van der Waals surface area contributed by atoms with Crippen molar-refractivity contribution in [3.63, 3.8) is 0 Å². The normalized spacial score (nSPS) is 28.5. The minimum Gasteiger partial charge on any atom is -0.478 e. The predicted molar refractivity (Wildman–Crippen MR) is 60.9 cm³/mol. The Labute approximate surface area is 99.8 Å². The van der Waals surface area contributed by atoms with Gasteiger partial charge in [-0.3, -0.25) is 0 Å². The Morgan fingerprint density at radius 3 is 3.06 bits per heavy atom. The molecule has 0 spiro atoms. The number of hydrogen-bond donors (Lipinski definition) is 2. The number of carbonyl (C=O) groups is 1. The first-order chi connectivity index (χ1) is 8.03. The van der Waals surface area contributed by atoms with E-state index in [9.17, 15) is 4.79 Å². The molecule has 2 N–H and O–H groups in total. The second kappa shape index (κ2) is 4.50. The fourth-order valence-electron chi connectivity index (χ4n) is 2.02. The van der Waals surface area contributed by atoms with Crippen LogP contribution in [0.3, 0.4) is 0 Å². The van der Waals surface area contributed by atoms with E-state index in [2.05, 4.69) is 12.2 Å². The van der Waals surface area contributed by atoms with Crippen molar-refractivity contribution < 1.29 is 19.1 Å². The van der Waals surface area contributed by atoms with E-state index in [4.69, 9.17) is 14.3 Å². The lowest BCUT2D eigenvalue weighted by Crippen LogP contribution is -2.47. The first-order valence-electron chi connectivity index (χ1n) is 5.69. The summed E-state index contributed by atoms with van der Waals surface area (Å²) in [6, 6.07) is 1.47. The Balaban J connectivity index is 2.02. The Hall–Kier alpha value is -1.33. The molecule has 1 aliphatic rings. The molecule has 1 saturated heterocycles. The fraction of sp³-hybridized carbons (Fsp3) is 0.583. The van der Waals surface area contributed by atoms with Crippen LogP contribution in [0, 0.1) is 0 Å². The van der Waals surface area contributed by atoms with E-state index in [0.717, 1.165) is 13.0 Å². The summed E-state index contributed by atoms with van der Waals surface area (Å²) in [5.74, 6) is -0.505. The fourth-order valence-corrected chi connectivity index (χ4v) is 2.02. The molecule has 0 radical (unpaired) electrons. The van der Waals surface area contributed by atoms with Crippen molar-refractivity contribution in [3.05, 3.63) is 23.7 Å². The zero-order chi connectivity index (χ0) is 12.5. The van der Waals surface area contributed by atoms with Crippen LogP contribution in [0.25, 0.3) is 0 Å². The summed E-state index contributed by atoms with van der Waals surface area (Å²) in [4.78, 5) is 10.9. The first-order valence-corrected chi connectivity index (χ1v) is 5.69. The largest absolute Gasteiger partial charge is 0.478 e. The van der Waals surface area contributed by atoms with E-state index in [-0.39, 0.29) is 17.2 Å². The summed E-state index contributed by atoms with van der Waals surface area (Å²) in [6.45, 7) is 5.22. The Morgan fingerprint density at radius 1 is 1.71 bits per heavy atom. The van der Waals surface area contributed by atoms with Crippen LogP contribution in [0.15, 0.2) is 16.7 Å². The molecule has 2 unspecified atom stereocenters. The molecule has 1 aliphatic heterocycles. The van der Waals surface area contributed by atoms with Gasteiger partial charge in [-0.15, -0.1) is 0 Å². The maximum Gasteiger partial charge on any atom is 0.339 e. The molecule has 94 valence electrons. The van der Waals surface area contributed by atoms with Gasteiger partial charge in [0.2, 0.25) is 0 Å². The molecular weight excluding hydrogens is 222 g/mol. The van der Waals surface area contributed by atoms with Crippen molar-refractivity contribution in [2.75, 3.05) is 6.61 Å². The highest BCUT2D eigenvalue weighted by Gasteiger charge is 2.36. The van der Waals surface area contributed by atoms with Gasteiger partial charge in [0.25, 0.3) is 0 Å². The van der Waals surface area contributed by atoms with E-state index < -0.39 is 5.97 Å². The van der Waals surface area contributed by atoms with Crippen molar-refractivity contribution >= 4 is 5.97 Å². The number of carboxylic acids is 1. The van der Waals surface area contributed by atoms with Gasteiger partial charge in [-0.25, -0.2) is 4.79 Å². The smallest absolute Gasteiger partial charge is 0.339 e. The number of furan rings is 1. The second-order valence-corrected chi connectivity index (χ2v) is 4.60. The number of aromatic carboxylic acids is 1. The van der Waals surface area contributed by atoms with E-state index in [1.165, 1.54) is 12.3 Å². The summed E-state index contributed by atoms with van der Waals surface area (Å²) in [7, 11) is 0. The Morgan fingerprint density at radius 2 is 2.47 bits per heavy atom. The standard InChI is InChI=1S/C12H17NO4/c1-8-12(2,4-6-16-8)13-7-10-9(11(14)15)3-5-17-10/h3,5,8,13H,4,6-7H2,1-2H3,(H,14,15). The van der Waals surface area contributed by atoms with Crippen molar-refractivity contribution in [3.8, 4) is 0 Å². The highest BCUT2D eigenvalue weighted by molar-refractivity contribution is 5.88. The molecule has 0 aromatic carbocycles. The molecule has 1 fully saturated rings. The van der Waals surface area contributed by atoms with Crippen molar-refractivity contribution in [2.45, 2.75) is 38.5 Å². The SMILES string of the molecule is CC1OCCC1(C)NCc1occc1C(=O)O. The maximum atomic E-state index is 10.9. The van der Waals surface area contributed by atoms with Crippen LogP contribution < -0.4 is 5.32 Å². The topological polar surface area (TPSA) is 71.7 Å². The molecule has 0 amide bonds. The second-order valence-electron chi connectivity index (χ2n) is 4.60. The van der Waals surface area contributed by atoms with E-state index in [0.29, 0.717) is 12.3 Å². The van der Waals surface area contributed by atoms with Gasteiger partial charge in [0, 0.05) is 12.1 Å². The molecule has 2 heterocycles. The molecule has 2 atom stereocenters. The van der Waals surface area contributed by atoms with E-state index >= 15 is 0 Å². The lowest BCUT2D eigenvalue weighted by molar-refractivity contribution is 0.0692. The molecule has 1 aromatic heterocycles. The Kier molecular flexibility index (Phi) is 3.22. The van der Waals surface area contributed by atoms with Gasteiger partial charge in [0.05, 0.1) is 18.9 Å². The molecule has 5 nitrogen and oxygen atoms in total. The van der Waals surface area contributed by atoms with Gasteiger partial charge in [0.1, 0.15) is 11.3 Å². The van der Waals surface area contributed by atoms with Gasteiger partial charge in [0.15, 0.2) is 0 Å². The van der Waals surface area contributed by atoms with Crippen molar-refractivity contribution in [1.82, 2.24) is 5.32 Å². The summed E-state index contributed by atoms with van der Waals surface area (Å²) in [5.41, 5.74) is 0.0930. The highest BCUT2D eigenvalue weighted by Crippen LogP contribution is 2.25. The van der Waals surface area contributed by atoms with E-state index in [1.54, 1.807) is 0 Å². The summed E-state index contributed by atoms with van der Waals surface area (Å²) in [6.07, 6.45) is 2.43. The minimum absolute atomic E-state index is 0.116. The van der Waals surface area contributed by atoms with E-state index in [1.807, 2.05) is 6.92 Å². The van der Waals surface area contributed by atoms with Crippen LogP contribution in [0.1, 0.15) is 36.4 Å². The summed E-state index contributed by atoms with van der Waals surface area (Å²) < 4.78 is 10.7. The molecule has 1 aromatic rings. The predicted octanol–water partition coefficient (Wildman–Crippen LogP) is 1.63. The number of nitrogens with one attached hydrogen (secondary N) is 1. The van der Waals surface area contributed by atoms with Crippen LogP contribution in [-0.4, -0.2) is 29.3 Å². The van der Waals surface area contributed by atoms with Gasteiger partial charge >= 0.3 is 5.97 Å². The number of carboxylic acid groups (broad SMARTS) is 1. The number of ether oxygens (including phenoxy) is 1. The molecule has 0 bridgehead atoms.